The van der Waals surface area contributed by atoms with E-state index in [2.05, 4.69) is 0 Å². The van der Waals surface area contributed by atoms with Crippen LogP contribution in [0.1, 0.15) is 36.0 Å². The monoisotopic (exact) mass is 349 g/mol. The fourth-order valence-electron chi connectivity index (χ4n) is 2.74. The fourth-order valence-corrected chi connectivity index (χ4v) is 4.59. The maximum atomic E-state index is 12.4. The van der Waals surface area contributed by atoms with Crippen molar-refractivity contribution in [2.75, 3.05) is 13.6 Å². The van der Waals surface area contributed by atoms with Crippen LogP contribution in [0.25, 0.3) is 0 Å². The molecule has 2 rings (SSSR count). The van der Waals surface area contributed by atoms with Crippen LogP contribution in [0.4, 0.5) is 13.2 Å². The summed E-state index contributed by atoms with van der Waals surface area (Å²) in [5.41, 5.74) is 0.0297. The molecule has 0 N–H and O–H groups in total. The lowest BCUT2D eigenvalue weighted by Gasteiger charge is -2.19. The zero-order valence-electron chi connectivity index (χ0n) is 12.6. The van der Waals surface area contributed by atoms with Crippen LogP contribution in [0.2, 0.25) is 0 Å². The zero-order valence-corrected chi connectivity index (χ0v) is 13.5. The standard InChI is InChI=1S/C15H18F3NO3S/c1-19(10-15(16,17)18)14(20)11-6-8-13(9-7-11)23(21,22)12-4-2-3-5-12/h6-9,12H,2-5,10H2,1H3. The van der Waals surface area contributed by atoms with Gasteiger partial charge in [-0.3, -0.25) is 4.79 Å². The van der Waals surface area contributed by atoms with Gasteiger partial charge in [0, 0.05) is 12.6 Å². The van der Waals surface area contributed by atoms with Gasteiger partial charge in [-0.2, -0.15) is 13.2 Å². The Kier molecular flexibility index (Phi) is 5.03. The van der Waals surface area contributed by atoms with Crippen LogP contribution < -0.4 is 0 Å². The summed E-state index contributed by atoms with van der Waals surface area (Å²) in [5.74, 6) is -0.799. The lowest BCUT2D eigenvalue weighted by atomic mass is 10.2. The van der Waals surface area contributed by atoms with Gasteiger partial charge in [-0.1, -0.05) is 12.8 Å². The van der Waals surface area contributed by atoms with E-state index in [1.54, 1.807) is 0 Å². The van der Waals surface area contributed by atoms with E-state index in [1.165, 1.54) is 24.3 Å². The van der Waals surface area contributed by atoms with Crippen LogP contribution in [0.3, 0.4) is 0 Å². The molecule has 0 unspecified atom stereocenters. The van der Waals surface area contributed by atoms with Crippen molar-refractivity contribution < 1.29 is 26.4 Å². The largest absolute Gasteiger partial charge is 0.406 e. The van der Waals surface area contributed by atoms with E-state index in [4.69, 9.17) is 0 Å². The second kappa shape index (κ2) is 6.51. The smallest absolute Gasteiger partial charge is 0.333 e. The third kappa shape index (κ3) is 4.25. The summed E-state index contributed by atoms with van der Waals surface area (Å²) in [7, 11) is -2.38. The van der Waals surface area contributed by atoms with Gasteiger partial charge in [0.15, 0.2) is 9.84 Å². The first-order valence-electron chi connectivity index (χ1n) is 7.27. The van der Waals surface area contributed by atoms with Crippen molar-refractivity contribution in [3.05, 3.63) is 29.8 Å². The molecule has 0 saturated heterocycles. The van der Waals surface area contributed by atoms with E-state index >= 15 is 0 Å². The Hall–Kier alpha value is -1.57. The quantitative estimate of drug-likeness (QED) is 0.840. The first kappa shape index (κ1) is 17.8. The van der Waals surface area contributed by atoms with Gasteiger partial charge in [0.05, 0.1) is 10.1 Å². The predicted octanol–water partition coefficient (Wildman–Crippen LogP) is 3.04. The molecule has 1 aliphatic carbocycles. The van der Waals surface area contributed by atoms with Crippen molar-refractivity contribution in [1.29, 1.82) is 0 Å². The highest BCUT2D eigenvalue weighted by molar-refractivity contribution is 7.92. The summed E-state index contributed by atoms with van der Waals surface area (Å²) in [4.78, 5) is 12.6. The van der Waals surface area contributed by atoms with Gasteiger partial charge < -0.3 is 4.90 Å². The Balaban J connectivity index is 2.14. The number of rotatable bonds is 4. The number of carbonyl (C=O) groups excluding carboxylic acids is 1. The molecule has 0 spiro atoms. The third-order valence-electron chi connectivity index (χ3n) is 3.93. The second-order valence-corrected chi connectivity index (χ2v) is 7.98. The number of sulfone groups is 1. The van der Waals surface area contributed by atoms with E-state index in [1.807, 2.05) is 0 Å². The summed E-state index contributed by atoms with van der Waals surface area (Å²) in [6.45, 7) is -1.35. The Morgan fingerprint density at radius 2 is 1.70 bits per heavy atom. The Labute approximate surface area is 133 Å². The van der Waals surface area contributed by atoms with Crippen molar-refractivity contribution >= 4 is 15.7 Å². The van der Waals surface area contributed by atoms with Gasteiger partial charge in [-0.25, -0.2) is 8.42 Å². The molecule has 23 heavy (non-hydrogen) atoms. The van der Waals surface area contributed by atoms with Gasteiger partial charge in [0.2, 0.25) is 0 Å². The van der Waals surface area contributed by atoms with Crippen molar-refractivity contribution in [2.45, 2.75) is 42.0 Å². The molecule has 0 heterocycles. The topological polar surface area (TPSA) is 54.5 Å². The average Bonchev–Trinajstić information content (AvgIpc) is 2.99. The van der Waals surface area contributed by atoms with E-state index in [9.17, 15) is 26.4 Å². The highest BCUT2D eigenvalue weighted by Crippen LogP contribution is 2.29. The molecule has 1 aliphatic rings. The van der Waals surface area contributed by atoms with Crippen LogP contribution in [0.15, 0.2) is 29.2 Å². The van der Waals surface area contributed by atoms with Crippen LogP contribution >= 0.6 is 0 Å². The van der Waals surface area contributed by atoms with Gasteiger partial charge in [0.1, 0.15) is 6.54 Å². The molecule has 0 aliphatic heterocycles. The minimum Gasteiger partial charge on any atom is -0.333 e. The van der Waals surface area contributed by atoms with Crippen molar-refractivity contribution in [3.8, 4) is 0 Å². The lowest BCUT2D eigenvalue weighted by Crippen LogP contribution is -2.35. The van der Waals surface area contributed by atoms with Crippen molar-refractivity contribution in [2.24, 2.45) is 0 Å². The Bertz CT molecular complexity index is 662. The summed E-state index contributed by atoms with van der Waals surface area (Å²) < 4.78 is 61.7. The SMILES string of the molecule is CN(CC(F)(F)F)C(=O)c1ccc(S(=O)(=O)C2CCCC2)cc1. The number of benzene rings is 1. The molecule has 8 heteroatoms. The zero-order chi connectivity index (χ0) is 17.3. The fraction of sp³-hybridized carbons (Fsp3) is 0.533. The van der Waals surface area contributed by atoms with Crippen LogP contribution in [-0.4, -0.2) is 44.2 Å². The van der Waals surface area contributed by atoms with E-state index in [-0.39, 0.29) is 10.5 Å². The molecule has 0 atom stereocenters. The molecule has 1 saturated carbocycles. The molecule has 1 aromatic carbocycles. The molecule has 1 amide bonds. The van der Waals surface area contributed by atoms with Gasteiger partial charge in [0.25, 0.3) is 5.91 Å². The normalized spacial score (nSPS) is 16.5. The molecule has 4 nitrogen and oxygen atoms in total. The number of alkyl halides is 3. The van der Waals surface area contributed by atoms with Crippen molar-refractivity contribution in [1.82, 2.24) is 4.90 Å². The first-order chi connectivity index (χ1) is 10.6. The van der Waals surface area contributed by atoms with Crippen LogP contribution in [-0.2, 0) is 9.84 Å². The maximum Gasteiger partial charge on any atom is 0.406 e. The summed E-state index contributed by atoms with van der Waals surface area (Å²) in [6, 6.07) is 5.11. The predicted molar refractivity (Wildman–Crippen MR) is 78.9 cm³/mol. The number of carbonyl (C=O) groups is 1. The number of halogens is 3. The maximum absolute atomic E-state index is 12.4. The minimum atomic E-state index is -4.48. The summed E-state index contributed by atoms with van der Waals surface area (Å²) in [5, 5.41) is -0.406. The summed E-state index contributed by atoms with van der Waals surface area (Å²) in [6.07, 6.45) is -1.48. The second-order valence-electron chi connectivity index (χ2n) is 5.75. The first-order valence-corrected chi connectivity index (χ1v) is 8.82. The number of hydrogen-bond donors (Lipinski definition) is 0. The number of nitrogens with zero attached hydrogens (tertiary/aromatic N) is 1. The molecule has 0 bridgehead atoms. The average molecular weight is 349 g/mol. The molecule has 128 valence electrons. The lowest BCUT2D eigenvalue weighted by molar-refractivity contribution is -0.138. The van der Waals surface area contributed by atoms with E-state index in [0.717, 1.165) is 19.9 Å². The van der Waals surface area contributed by atoms with Crippen LogP contribution in [0, 0.1) is 0 Å². The Morgan fingerprint density at radius 1 is 1.17 bits per heavy atom. The number of amides is 1. The van der Waals surface area contributed by atoms with Crippen LogP contribution in [0.5, 0.6) is 0 Å². The highest BCUT2D eigenvalue weighted by atomic mass is 32.2. The highest BCUT2D eigenvalue weighted by Gasteiger charge is 2.32. The molecular weight excluding hydrogens is 331 g/mol. The number of hydrogen-bond acceptors (Lipinski definition) is 3. The molecule has 1 aromatic rings. The Morgan fingerprint density at radius 3 is 2.17 bits per heavy atom. The van der Waals surface area contributed by atoms with Gasteiger partial charge in [-0.15, -0.1) is 0 Å². The van der Waals surface area contributed by atoms with E-state index < -0.39 is 33.7 Å². The third-order valence-corrected chi connectivity index (χ3v) is 6.21. The van der Waals surface area contributed by atoms with Crippen molar-refractivity contribution in [3.63, 3.8) is 0 Å². The van der Waals surface area contributed by atoms with E-state index in [0.29, 0.717) is 17.7 Å². The summed E-state index contributed by atoms with van der Waals surface area (Å²) >= 11 is 0. The molecule has 1 fully saturated rings. The van der Waals surface area contributed by atoms with Gasteiger partial charge in [-0.05, 0) is 37.1 Å². The minimum absolute atomic E-state index is 0.0297. The molecular formula is C15H18F3NO3S. The van der Waals surface area contributed by atoms with Gasteiger partial charge >= 0.3 is 6.18 Å². The molecule has 0 aromatic heterocycles. The molecule has 0 radical (unpaired) electrons.